The number of nitrogens with two attached hydrogens (primary N) is 1. The van der Waals surface area contributed by atoms with Gasteiger partial charge in [0.2, 0.25) is 11.6 Å². The lowest BCUT2D eigenvalue weighted by atomic mass is 10.2. The summed E-state index contributed by atoms with van der Waals surface area (Å²) in [5, 5.41) is 22.6. The summed E-state index contributed by atoms with van der Waals surface area (Å²) in [4.78, 5) is 17.6. The fraction of sp³-hybridized carbons (Fsp3) is 0. The summed E-state index contributed by atoms with van der Waals surface area (Å²) >= 11 is 5.97. The van der Waals surface area contributed by atoms with Crippen LogP contribution in [0.15, 0.2) is 24.5 Å². The van der Waals surface area contributed by atoms with E-state index in [2.05, 4.69) is 15.3 Å². The van der Waals surface area contributed by atoms with Gasteiger partial charge in [-0.2, -0.15) is 5.26 Å². The molecule has 0 aliphatic carbocycles. The van der Waals surface area contributed by atoms with E-state index in [9.17, 15) is 10.1 Å². The number of rotatable bonds is 3. The number of nitrogen functional groups attached to an aromatic ring is 1. The quantitative estimate of drug-likeness (QED) is 0.654. The van der Waals surface area contributed by atoms with Crippen molar-refractivity contribution in [1.29, 1.82) is 5.26 Å². The van der Waals surface area contributed by atoms with Crippen LogP contribution < -0.4 is 11.1 Å². The molecule has 0 spiro atoms. The van der Waals surface area contributed by atoms with Gasteiger partial charge in [-0.25, -0.2) is 9.97 Å². The number of aromatic nitrogens is 2. The summed E-state index contributed by atoms with van der Waals surface area (Å²) in [5.41, 5.74) is 5.75. The number of nitriles is 1. The van der Waals surface area contributed by atoms with Gasteiger partial charge in [-0.05, 0) is 18.2 Å². The van der Waals surface area contributed by atoms with Crippen LogP contribution in [0.2, 0.25) is 5.02 Å². The number of hydrogen-bond donors (Lipinski definition) is 2. The Morgan fingerprint density at radius 3 is 2.80 bits per heavy atom. The van der Waals surface area contributed by atoms with E-state index >= 15 is 0 Å². The molecule has 0 saturated carbocycles. The van der Waals surface area contributed by atoms with Gasteiger partial charge < -0.3 is 11.1 Å². The molecule has 0 saturated heterocycles. The maximum absolute atomic E-state index is 10.9. The molecule has 0 aliphatic heterocycles. The normalized spacial score (nSPS) is 9.80. The van der Waals surface area contributed by atoms with Crippen molar-refractivity contribution in [1.82, 2.24) is 9.97 Å². The van der Waals surface area contributed by atoms with Crippen molar-refractivity contribution in [3.05, 3.63) is 45.2 Å². The predicted molar refractivity (Wildman–Crippen MR) is 72.5 cm³/mol. The summed E-state index contributed by atoms with van der Waals surface area (Å²) in [6.07, 6.45) is 1.10. The smallest absolute Gasteiger partial charge is 0.353 e. The Hall–Kier alpha value is -2.92. The molecule has 0 amide bonds. The van der Waals surface area contributed by atoms with E-state index in [1.807, 2.05) is 6.07 Å². The van der Waals surface area contributed by atoms with Crippen LogP contribution in [-0.4, -0.2) is 14.9 Å². The highest BCUT2D eigenvalue weighted by molar-refractivity contribution is 6.33. The average molecular weight is 291 g/mol. The third-order valence-electron chi connectivity index (χ3n) is 2.38. The topological polar surface area (TPSA) is 131 Å². The summed E-state index contributed by atoms with van der Waals surface area (Å²) in [6, 6.07) is 6.40. The van der Waals surface area contributed by atoms with Crippen LogP contribution in [0.1, 0.15) is 5.56 Å². The predicted octanol–water partition coefficient (Wildman–Crippen LogP) is 2.24. The Labute approximate surface area is 118 Å². The molecule has 20 heavy (non-hydrogen) atoms. The van der Waals surface area contributed by atoms with Crippen molar-refractivity contribution in [3.63, 3.8) is 0 Å². The van der Waals surface area contributed by atoms with Crippen LogP contribution in [0.5, 0.6) is 0 Å². The lowest BCUT2D eigenvalue weighted by Gasteiger charge is -2.08. The number of nitro groups is 1. The minimum absolute atomic E-state index is 0.0749. The summed E-state index contributed by atoms with van der Waals surface area (Å²) < 4.78 is 0. The molecule has 3 N–H and O–H groups in total. The highest BCUT2D eigenvalue weighted by Crippen LogP contribution is 2.32. The van der Waals surface area contributed by atoms with E-state index in [1.54, 1.807) is 0 Å². The van der Waals surface area contributed by atoms with E-state index in [-0.39, 0.29) is 16.7 Å². The first-order valence-corrected chi connectivity index (χ1v) is 5.62. The first-order valence-electron chi connectivity index (χ1n) is 5.24. The van der Waals surface area contributed by atoms with Gasteiger partial charge in [-0.15, -0.1) is 0 Å². The second-order valence-corrected chi connectivity index (χ2v) is 4.05. The number of benzene rings is 1. The van der Waals surface area contributed by atoms with E-state index in [1.165, 1.54) is 18.2 Å². The molecular formula is C11H7ClN6O2. The number of halogens is 1. The van der Waals surface area contributed by atoms with Gasteiger partial charge >= 0.3 is 5.69 Å². The minimum atomic E-state index is -0.685. The maximum Gasteiger partial charge on any atom is 0.353 e. The second-order valence-electron chi connectivity index (χ2n) is 3.64. The van der Waals surface area contributed by atoms with E-state index < -0.39 is 10.6 Å². The molecule has 0 atom stereocenters. The monoisotopic (exact) mass is 290 g/mol. The molecule has 9 heteroatoms. The van der Waals surface area contributed by atoms with E-state index in [0.717, 1.165) is 6.33 Å². The molecule has 1 aromatic carbocycles. The molecule has 1 heterocycles. The number of nitrogens with one attached hydrogen (secondary N) is 1. The van der Waals surface area contributed by atoms with Crippen molar-refractivity contribution in [2.24, 2.45) is 0 Å². The van der Waals surface area contributed by atoms with Crippen LogP contribution in [0.25, 0.3) is 0 Å². The van der Waals surface area contributed by atoms with E-state index in [0.29, 0.717) is 11.3 Å². The minimum Gasteiger partial charge on any atom is -0.378 e. The maximum atomic E-state index is 10.9. The Morgan fingerprint density at radius 1 is 1.45 bits per heavy atom. The van der Waals surface area contributed by atoms with Crippen molar-refractivity contribution in [2.45, 2.75) is 0 Å². The van der Waals surface area contributed by atoms with Gasteiger partial charge in [0.05, 0.1) is 27.3 Å². The van der Waals surface area contributed by atoms with Crippen molar-refractivity contribution < 1.29 is 4.92 Å². The zero-order valence-electron chi connectivity index (χ0n) is 9.87. The molecule has 1 aromatic heterocycles. The fourth-order valence-corrected chi connectivity index (χ4v) is 1.71. The van der Waals surface area contributed by atoms with Crippen LogP contribution >= 0.6 is 11.6 Å². The molecule has 0 fully saturated rings. The van der Waals surface area contributed by atoms with Crippen LogP contribution in [0, 0.1) is 21.4 Å². The largest absolute Gasteiger partial charge is 0.378 e. The molecule has 0 unspecified atom stereocenters. The van der Waals surface area contributed by atoms with E-state index in [4.69, 9.17) is 22.6 Å². The Balaban J connectivity index is 2.43. The zero-order chi connectivity index (χ0) is 14.7. The van der Waals surface area contributed by atoms with Crippen molar-refractivity contribution in [2.75, 3.05) is 11.1 Å². The highest BCUT2D eigenvalue weighted by atomic mass is 35.5. The Bertz CT molecular complexity index is 727. The summed E-state index contributed by atoms with van der Waals surface area (Å²) in [6.45, 7) is 0. The first-order chi connectivity index (χ1) is 9.52. The standard InChI is InChI=1S/C11H7ClN6O2/c12-7-3-6(4-13)1-2-8(7)17-11-9(18(19)20)10(14)15-5-16-11/h1-3,5H,(H3,14,15,16,17). The second kappa shape index (κ2) is 5.38. The molecule has 0 bridgehead atoms. The van der Waals surface area contributed by atoms with Gasteiger partial charge in [0.25, 0.3) is 0 Å². The van der Waals surface area contributed by atoms with Gasteiger partial charge in [-0.3, -0.25) is 10.1 Å². The molecule has 8 nitrogen and oxygen atoms in total. The SMILES string of the molecule is N#Cc1ccc(Nc2ncnc(N)c2[N+](=O)[O-])c(Cl)c1. The van der Waals surface area contributed by atoms with Gasteiger partial charge in [0.1, 0.15) is 6.33 Å². The van der Waals surface area contributed by atoms with Crippen LogP contribution in [0.4, 0.5) is 23.0 Å². The average Bonchev–Trinajstić information content (AvgIpc) is 2.40. The van der Waals surface area contributed by atoms with Crippen molar-refractivity contribution in [3.8, 4) is 6.07 Å². The Kier molecular flexibility index (Phi) is 3.63. The Morgan fingerprint density at radius 2 is 2.20 bits per heavy atom. The number of hydrogen-bond acceptors (Lipinski definition) is 7. The van der Waals surface area contributed by atoms with Crippen LogP contribution in [0.3, 0.4) is 0 Å². The van der Waals surface area contributed by atoms with Gasteiger partial charge in [0.15, 0.2) is 0 Å². The lowest BCUT2D eigenvalue weighted by molar-refractivity contribution is -0.383. The lowest BCUT2D eigenvalue weighted by Crippen LogP contribution is -2.05. The first kappa shape index (κ1) is 13.5. The summed E-state index contributed by atoms with van der Waals surface area (Å²) in [5.74, 6) is -0.327. The van der Waals surface area contributed by atoms with Crippen molar-refractivity contribution >= 4 is 34.6 Å². The molecule has 2 aromatic rings. The molecular weight excluding hydrogens is 284 g/mol. The number of nitrogens with zero attached hydrogens (tertiary/aromatic N) is 4. The molecule has 0 radical (unpaired) electrons. The van der Waals surface area contributed by atoms with Crippen LogP contribution in [-0.2, 0) is 0 Å². The highest BCUT2D eigenvalue weighted by Gasteiger charge is 2.21. The number of anilines is 3. The third-order valence-corrected chi connectivity index (χ3v) is 2.70. The zero-order valence-corrected chi connectivity index (χ0v) is 10.6. The molecule has 0 aliphatic rings. The van der Waals surface area contributed by atoms with Gasteiger partial charge in [-0.1, -0.05) is 11.6 Å². The van der Waals surface area contributed by atoms with Gasteiger partial charge in [0, 0.05) is 0 Å². The third kappa shape index (κ3) is 2.57. The molecule has 2 rings (SSSR count). The fourth-order valence-electron chi connectivity index (χ4n) is 1.48. The summed E-state index contributed by atoms with van der Waals surface area (Å²) in [7, 11) is 0. The molecule has 100 valence electrons.